The molecule has 3 rings (SSSR count). The molecule has 0 unspecified atom stereocenters. The number of hydrogen-bond donors (Lipinski definition) is 0. The molecule has 0 saturated carbocycles. The summed E-state index contributed by atoms with van der Waals surface area (Å²) >= 11 is 0. The highest BCUT2D eigenvalue weighted by molar-refractivity contribution is 5.79. The van der Waals surface area contributed by atoms with E-state index in [1.165, 1.54) is 0 Å². The van der Waals surface area contributed by atoms with Crippen molar-refractivity contribution in [2.24, 2.45) is 5.92 Å². The van der Waals surface area contributed by atoms with Crippen LogP contribution in [0.5, 0.6) is 0 Å². The normalized spacial score (nSPS) is 17.0. The second-order valence-electron chi connectivity index (χ2n) is 6.70. The van der Waals surface area contributed by atoms with Crippen molar-refractivity contribution >= 4 is 5.57 Å². The number of aryl methyl sites for hydroxylation is 1. The van der Waals surface area contributed by atoms with Gasteiger partial charge in [-0.15, -0.1) is 0 Å². The Labute approximate surface area is 158 Å². The van der Waals surface area contributed by atoms with Crippen molar-refractivity contribution in [2.45, 2.75) is 25.2 Å². The van der Waals surface area contributed by atoms with Gasteiger partial charge in [-0.05, 0) is 47.4 Å². The summed E-state index contributed by atoms with van der Waals surface area (Å²) in [5, 5.41) is 30.6. The summed E-state index contributed by atoms with van der Waals surface area (Å²) in [6.45, 7) is -0.232. The summed E-state index contributed by atoms with van der Waals surface area (Å²) in [4.78, 5) is 11.1. The second-order valence-corrected chi connectivity index (χ2v) is 6.70. The lowest BCUT2D eigenvalue weighted by atomic mass is 9.75. The van der Waals surface area contributed by atoms with Gasteiger partial charge in [0, 0.05) is 4.92 Å². The molecule has 2 aromatic rings. The first-order chi connectivity index (χ1) is 13.2. The third-order valence-corrected chi connectivity index (χ3v) is 5.19. The molecule has 0 bridgehead atoms. The first kappa shape index (κ1) is 18.4. The van der Waals surface area contributed by atoms with Crippen LogP contribution in [0, 0.1) is 38.7 Å². The molecular weight excluding hydrogens is 338 g/mol. The standard InChI is InChI=1S/C22H19N3O2/c23-13-18(14-24)22-19-11-5-4-9-16(19)10-6-12-20(22)21(15-25(26)27)17-7-2-1-3-8-17/h1-5,7-9,11,20-21H,6,10,12,15H2/t20-,21-/m0/s1. The number of nitriles is 2. The summed E-state index contributed by atoms with van der Waals surface area (Å²) < 4.78 is 0. The van der Waals surface area contributed by atoms with Crippen molar-refractivity contribution in [3.63, 3.8) is 0 Å². The Hall–Kier alpha value is -3.44. The second kappa shape index (κ2) is 8.29. The van der Waals surface area contributed by atoms with Crippen LogP contribution >= 0.6 is 0 Å². The van der Waals surface area contributed by atoms with Crippen molar-refractivity contribution < 1.29 is 4.92 Å². The molecular formula is C22H19N3O2. The number of fused-ring (bicyclic) bond motifs is 1. The predicted octanol–water partition coefficient (Wildman–Crippen LogP) is 4.50. The van der Waals surface area contributed by atoms with Gasteiger partial charge in [-0.2, -0.15) is 10.5 Å². The van der Waals surface area contributed by atoms with Gasteiger partial charge in [-0.3, -0.25) is 10.1 Å². The van der Waals surface area contributed by atoms with Gasteiger partial charge in [-0.25, -0.2) is 0 Å². The van der Waals surface area contributed by atoms with Crippen LogP contribution in [-0.2, 0) is 6.42 Å². The number of allylic oxidation sites excluding steroid dienone is 2. The van der Waals surface area contributed by atoms with Crippen LogP contribution in [0.2, 0.25) is 0 Å². The molecule has 0 aromatic heterocycles. The van der Waals surface area contributed by atoms with Crippen LogP contribution in [-0.4, -0.2) is 11.5 Å². The molecule has 5 nitrogen and oxygen atoms in total. The van der Waals surface area contributed by atoms with E-state index in [0.717, 1.165) is 29.5 Å². The Balaban J connectivity index is 2.22. The molecule has 0 spiro atoms. The highest BCUT2D eigenvalue weighted by Gasteiger charge is 2.35. The predicted molar refractivity (Wildman–Crippen MR) is 102 cm³/mol. The van der Waals surface area contributed by atoms with E-state index in [1.54, 1.807) is 0 Å². The lowest BCUT2D eigenvalue weighted by Gasteiger charge is -2.26. The highest BCUT2D eigenvalue weighted by atomic mass is 16.6. The Bertz CT molecular complexity index is 936. The van der Waals surface area contributed by atoms with E-state index in [2.05, 4.69) is 0 Å². The van der Waals surface area contributed by atoms with Gasteiger partial charge in [0.05, 0.1) is 5.92 Å². The van der Waals surface area contributed by atoms with Crippen LogP contribution in [0.4, 0.5) is 0 Å². The third-order valence-electron chi connectivity index (χ3n) is 5.19. The monoisotopic (exact) mass is 357 g/mol. The van der Waals surface area contributed by atoms with Gasteiger partial charge in [0.15, 0.2) is 0 Å². The van der Waals surface area contributed by atoms with E-state index in [9.17, 15) is 20.6 Å². The largest absolute Gasteiger partial charge is 0.265 e. The fourth-order valence-corrected chi connectivity index (χ4v) is 4.05. The molecule has 0 heterocycles. The summed E-state index contributed by atoms with van der Waals surface area (Å²) in [5.74, 6) is -0.644. The highest BCUT2D eigenvalue weighted by Crippen LogP contribution is 2.43. The lowest BCUT2D eigenvalue weighted by molar-refractivity contribution is -0.484. The van der Waals surface area contributed by atoms with Crippen LogP contribution < -0.4 is 0 Å². The molecule has 2 aromatic carbocycles. The molecule has 0 amide bonds. The molecule has 0 fully saturated rings. The molecule has 134 valence electrons. The van der Waals surface area contributed by atoms with Gasteiger partial charge < -0.3 is 0 Å². The quantitative estimate of drug-likeness (QED) is 0.349. The summed E-state index contributed by atoms with van der Waals surface area (Å²) in [6.07, 6.45) is 2.39. The molecule has 0 saturated heterocycles. The molecule has 0 aliphatic heterocycles. The number of benzene rings is 2. The van der Waals surface area contributed by atoms with Gasteiger partial charge in [0.25, 0.3) is 0 Å². The smallest absolute Gasteiger partial charge is 0.211 e. The van der Waals surface area contributed by atoms with Gasteiger partial charge >= 0.3 is 0 Å². The van der Waals surface area contributed by atoms with Crippen molar-refractivity contribution in [3.8, 4) is 12.1 Å². The zero-order chi connectivity index (χ0) is 19.2. The maximum Gasteiger partial charge on any atom is 0.211 e. The van der Waals surface area contributed by atoms with Crippen molar-refractivity contribution in [1.29, 1.82) is 10.5 Å². The first-order valence-electron chi connectivity index (χ1n) is 8.95. The summed E-state index contributed by atoms with van der Waals surface area (Å²) in [5.41, 5.74) is 3.54. The van der Waals surface area contributed by atoms with E-state index in [-0.39, 0.29) is 28.9 Å². The number of nitro groups is 1. The van der Waals surface area contributed by atoms with Crippen LogP contribution in [0.3, 0.4) is 0 Å². The molecule has 0 radical (unpaired) electrons. The van der Waals surface area contributed by atoms with Crippen LogP contribution in [0.15, 0.2) is 60.2 Å². The number of rotatable bonds is 4. The maximum absolute atomic E-state index is 11.4. The minimum absolute atomic E-state index is 0.0543. The molecule has 27 heavy (non-hydrogen) atoms. The fraction of sp³-hybridized carbons (Fsp3) is 0.273. The summed E-state index contributed by atoms with van der Waals surface area (Å²) in [6, 6.07) is 21.2. The van der Waals surface area contributed by atoms with Gasteiger partial charge in [0.1, 0.15) is 17.7 Å². The van der Waals surface area contributed by atoms with E-state index < -0.39 is 0 Å². The third kappa shape index (κ3) is 3.88. The number of nitrogens with zero attached hydrogens (tertiary/aromatic N) is 3. The van der Waals surface area contributed by atoms with E-state index >= 15 is 0 Å². The molecule has 2 atom stereocenters. The molecule has 0 N–H and O–H groups in total. The topological polar surface area (TPSA) is 90.7 Å². The lowest BCUT2D eigenvalue weighted by Crippen LogP contribution is -2.23. The van der Waals surface area contributed by atoms with Crippen molar-refractivity contribution in [1.82, 2.24) is 0 Å². The van der Waals surface area contributed by atoms with Gasteiger partial charge in [0.2, 0.25) is 6.54 Å². The minimum atomic E-state index is -0.390. The van der Waals surface area contributed by atoms with Crippen LogP contribution in [0.1, 0.15) is 35.4 Å². The van der Waals surface area contributed by atoms with Crippen molar-refractivity contribution in [3.05, 3.63) is 87.0 Å². The van der Waals surface area contributed by atoms with E-state index in [4.69, 9.17) is 0 Å². The maximum atomic E-state index is 11.4. The number of hydrogen-bond acceptors (Lipinski definition) is 4. The molecule has 1 aliphatic carbocycles. The summed E-state index contributed by atoms with van der Waals surface area (Å²) in [7, 11) is 0. The Morgan fingerprint density at radius 3 is 2.44 bits per heavy atom. The van der Waals surface area contributed by atoms with E-state index in [0.29, 0.717) is 12.0 Å². The van der Waals surface area contributed by atoms with Crippen LogP contribution in [0.25, 0.3) is 5.57 Å². The average molecular weight is 357 g/mol. The molecule has 5 heteroatoms. The van der Waals surface area contributed by atoms with Crippen molar-refractivity contribution in [2.75, 3.05) is 6.54 Å². The average Bonchev–Trinajstić information content (AvgIpc) is 2.88. The molecule has 1 aliphatic rings. The Morgan fingerprint density at radius 2 is 1.78 bits per heavy atom. The fourth-order valence-electron chi connectivity index (χ4n) is 4.05. The Kier molecular flexibility index (Phi) is 5.64. The minimum Gasteiger partial charge on any atom is -0.265 e. The SMILES string of the molecule is N#CC(C#N)=C1c2ccccc2CCC[C@H]1[C@@H](C[N+](=O)[O-])c1ccccc1. The Morgan fingerprint density at radius 1 is 1.11 bits per heavy atom. The first-order valence-corrected chi connectivity index (χ1v) is 8.95. The zero-order valence-electron chi connectivity index (χ0n) is 14.8. The van der Waals surface area contributed by atoms with E-state index in [1.807, 2.05) is 66.7 Å². The van der Waals surface area contributed by atoms with Gasteiger partial charge in [-0.1, -0.05) is 54.6 Å². The zero-order valence-corrected chi connectivity index (χ0v) is 14.8.